The molecule has 8 nitrogen and oxygen atoms in total. The fraction of sp³-hybridized carbons (Fsp3) is 0.632. The topological polar surface area (TPSA) is 103 Å². The van der Waals surface area contributed by atoms with Crippen LogP contribution < -0.4 is 5.32 Å². The molecule has 0 bridgehead atoms. The molecule has 1 aromatic rings. The highest BCUT2D eigenvalue weighted by Gasteiger charge is 2.31. The van der Waals surface area contributed by atoms with Gasteiger partial charge in [-0.1, -0.05) is 19.3 Å². The Balaban J connectivity index is 1.52. The van der Waals surface area contributed by atoms with Crippen LogP contribution in [0.2, 0.25) is 0 Å². The van der Waals surface area contributed by atoms with Gasteiger partial charge in [0.2, 0.25) is 0 Å². The van der Waals surface area contributed by atoms with Gasteiger partial charge in [-0.2, -0.15) is 0 Å². The molecule has 2 heterocycles. The maximum Gasteiger partial charge on any atom is 0.317 e. The number of urea groups is 1. The Morgan fingerprint density at radius 2 is 1.78 bits per heavy atom. The second-order valence-corrected chi connectivity index (χ2v) is 7.31. The summed E-state index contributed by atoms with van der Waals surface area (Å²) >= 11 is 0. The van der Waals surface area contributed by atoms with E-state index in [9.17, 15) is 19.5 Å². The molecule has 1 aliphatic carbocycles. The zero-order valence-electron chi connectivity index (χ0n) is 15.4. The summed E-state index contributed by atoms with van der Waals surface area (Å²) in [5.74, 6) is -0.543. The lowest BCUT2D eigenvalue weighted by Gasteiger charge is -2.36. The summed E-state index contributed by atoms with van der Waals surface area (Å²) in [5.41, 5.74) is 0. The fourth-order valence-corrected chi connectivity index (χ4v) is 3.98. The van der Waals surface area contributed by atoms with E-state index >= 15 is 0 Å². The number of carbonyl (C=O) groups excluding carboxylic acids is 2. The summed E-state index contributed by atoms with van der Waals surface area (Å²) < 4.78 is 5.14. The number of nitrogens with one attached hydrogen (secondary N) is 1. The number of furan rings is 1. The molecule has 2 N–H and O–H groups in total. The minimum atomic E-state index is -0.889. The Labute approximate surface area is 158 Å². The van der Waals surface area contributed by atoms with E-state index < -0.39 is 5.97 Å². The van der Waals surface area contributed by atoms with E-state index in [2.05, 4.69) is 5.32 Å². The molecule has 1 aliphatic heterocycles. The predicted octanol–water partition coefficient (Wildman–Crippen LogP) is 2.17. The Morgan fingerprint density at radius 3 is 2.37 bits per heavy atom. The third kappa shape index (κ3) is 5.02. The number of aliphatic carboxylic acids is 1. The SMILES string of the molecule is O=C(O)CC(NC(=O)N1CCN(C(=O)c2ccco2)CC1)C1CCCCC1. The zero-order chi connectivity index (χ0) is 19.2. The minimum absolute atomic E-state index is 0.0483. The number of piperazine rings is 1. The van der Waals surface area contributed by atoms with E-state index in [0.29, 0.717) is 31.9 Å². The standard InChI is InChI=1S/C19H27N3O5/c23-17(24)13-15(14-5-2-1-3-6-14)20-19(26)22-10-8-21(9-11-22)18(25)16-7-4-12-27-16/h4,7,12,14-15H,1-3,5-6,8-11,13H2,(H,20,26)(H,23,24). The van der Waals surface area contributed by atoms with Crippen molar-refractivity contribution in [3.63, 3.8) is 0 Å². The molecule has 3 rings (SSSR count). The van der Waals surface area contributed by atoms with Crippen molar-refractivity contribution in [1.82, 2.24) is 15.1 Å². The summed E-state index contributed by atoms with van der Waals surface area (Å²) in [7, 11) is 0. The smallest absolute Gasteiger partial charge is 0.317 e. The van der Waals surface area contributed by atoms with Crippen LogP contribution in [0.5, 0.6) is 0 Å². The molecule has 0 aromatic carbocycles. The van der Waals surface area contributed by atoms with Crippen LogP contribution in [-0.4, -0.2) is 65.0 Å². The third-order valence-corrected chi connectivity index (χ3v) is 5.51. The van der Waals surface area contributed by atoms with Gasteiger partial charge >= 0.3 is 12.0 Å². The maximum atomic E-state index is 12.6. The van der Waals surface area contributed by atoms with Crippen molar-refractivity contribution in [2.24, 2.45) is 5.92 Å². The molecule has 0 spiro atoms. The molecule has 2 fully saturated rings. The molecular weight excluding hydrogens is 350 g/mol. The quantitative estimate of drug-likeness (QED) is 0.819. The molecule has 1 atom stereocenters. The van der Waals surface area contributed by atoms with Crippen LogP contribution in [0.3, 0.4) is 0 Å². The minimum Gasteiger partial charge on any atom is -0.481 e. The molecule has 1 aromatic heterocycles. The molecule has 2 aliphatic rings. The first-order valence-corrected chi connectivity index (χ1v) is 9.64. The highest BCUT2D eigenvalue weighted by atomic mass is 16.4. The normalized spacial score (nSPS) is 19.6. The molecule has 0 radical (unpaired) electrons. The molecule has 27 heavy (non-hydrogen) atoms. The van der Waals surface area contributed by atoms with Crippen molar-refractivity contribution in [3.05, 3.63) is 24.2 Å². The van der Waals surface area contributed by atoms with Gasteiger partial charge in [0.25, 0.3) is 5.91 Å². The van der Waals surface area contributed by atoms with Gasteiger partial charge in [-0.05, 0) is 30.9 Å². The van der Waals surface area contributed by atoms with E-state index in [1.54, 1.807) is 21.9 Å². The van der Waals surface area contributed by atoms with Gasteiger partial charge in [-0.3, -0.25) is 9.59 Å². The summed E-state index contributed by atoms with van der Waals surface area (Å²) in [4.78, 5) is 39.5. The van der Waals surface area contributed by atoms with Crippen molar-refractivity contribution >= 4 is 17.9 Å². The predicted molar refractivity (Wildman–Crippen MR) is 97.3 cm³/mol. The molecule has 148 valence electrons. The Morgan fingerprint density at radius 1 is 1.11 bits per heavy atom. The lowest BCUT2D eigenvalue weighted by Crippen LogP contribution is -2.55. The summed E-state index contributed by atoms with van der Waals surface area (Å²) in [5, 5.41) is 12.1. The van der Waals surface area contributed by atoms with Crippen molar-refractivity contribution in [1.29, 1.82) is 0 Å². The molecule has 1 saturated heterocycles. The van der Waals surface area contributed by atoms with Crippen molar-refractivity contribution in [3.8, 4) is 0 Å². The number of carboxylic acids is 1. The van der Waals surface area contributed by atoms with E-state index in [4.69, 9.17) is 4.42 Å². The number of rotatable bonds is 5. The first-order valence-electron chi connectivity index (χ1n) is 9.64. The lowest BCUT2D eigenvalue weighted by atomic mass is 9.82. The van der Waals surface area contributed by atoms with E-state index in [0.717, 1.165) is 25.7 Å². The summed E-state index contributed by atoms with van der Waals surface area (Å²) in [6, 6.07) is 2.72. The van der Waals surface area contributed by atoms with E-state index in [1.807, 2.05) is 0 Å². The second-order valence-electron chi connectivity index (χ2n) is 7.31. The first-order chi connectivity index (χ1) is 13.0. The lowest BCUT2D eigenvalue weighted by molar-refractivity contribution is -0.137. The van der Waals surface area contributed by atoms with Gasteiger partial charge in [-0.25, -0.2) is 4.79 Å². The first kappa shape index (κ1) is 19.3. The van der Waals surface area contributed by atoms with Gasteiger partial charge in [0, 0.05) is 32.2 Å². The number of carbonyl (C=O) groups is 3. The highest BCUT2D eigenvalue weighted by Crippen LogP contribution is 2.28. The van der Waals surface area contributed by atoms with Crippen LogP contribution in [-0.2, 0) is 4.79 Å². The van der Waals surface area contributed by atoms with Crippen LogP contribution in [0.1, 0.15) is 49.1 Å². The van der Waals surface area contributed by atoms with Gasteiger partial charge < -0.3 is 24.6 Å². The van der Waals surface area contributed by atoms with E-state index in [1.165, 1.54) is 12.7 Å². The maximum absolute atomic E-state index is 12.6. The summed E-state index contributed by atoms with van der Waals surface area (Å²) in [6.07, 6.45) is 6.69. The van der Waals surface area contributed by atoms with Gasteiger partial charge in [0.05, 0.1) is 12.7 Å². The molecular formula is C19H27N3O5. The number of nitrogens with zero attached hydrogens (tertiary/aromatic N) is 2. The van der Waals surface area contributed by atoms with Crippen molar-refractivity contribution in [2.75, 3.05) is 26.2 Å². The molecule has 1 saturated carbocycles. The van der Waals surface area contributed by atoms with E-state index in [-0.39, 0.29) is 30.3 Å². The van der Waals surface area contributed by atoms with Crippen molar-refractivity contribution in [2.45, 2.75) is 44.6 Å². The van der Waals surface area contributed by atoms with Crippen LogP contribution in [0.4, 0.5) is 4.79 Å². The number of hydrogen-bond donors (Lipinski definition) is 2. The van der Waals surface area contributed by atoms with Crippen LogP contribution in [0.15, 0.2) is 22.8 Å². The average Bonchev–Trinajstić information content (AvgIpc) is 3.22. The van der Waals surface area contributed by atoms with Crippen LogP contribution in [0, 0.1) is 5.92 Å². The molecule has 3 amide bonds. The Bertz CT molecular complexity index is 646. The molecule has 1 unspecified atom stereocenters. The number of amides is 3. The second kappa shape index (κ2) is 8.92. The van der Waals surface area contributed by atoms with Gasteiger partial charge in [-0.15, -0.1) is 0 Å². The fourth-order valence-electron chi connectivity index (χ4n) is 3.98. The van der Waals surface area contributed by atoms with Crippen LogP contribution in [0.25, 0.3) is 0 Å². The highest BCUT2D eigenvalue weighted by molar-refractivity contribution is 5.91. The number of carboxylic acid groups (broad SMARTS) is 1. The molecule has 8 heteroatoms. The van der Waals surface area contributed by atoms with Gasteiger partial charge in [0.1, 0.15) is 0 Å². The monoisotopic (exact) mass is 377 g/mol. The largest absolute Gasteiger partial charge is 0.481 e. The average molecular weight is 377 g/mol. The van der Waals surface area contributed by atoms with Crippen molar-refractivity contribution < 1.29 is 23.9 Å². The number of hydrogen-bond acceptors (Lipinski definition) is 4. The summed E-state index contributed by atoms with van der Waals surface area (Å²) in [6.45, 7) is 1.70. The third-order valence-electron chi connectivity index (χ3n) is 5.51. The zero-order valence-corrected chi connectivity index (χ0v) is 15.4. The Kier molecular flexibility index (Phi) is 6.36. The van der Waals surface area contributed by atoms with Crippen LogP contribution >= 0.6 is 0 Å². The van der Waals surface area contributed by atoms with Gasteiger partial charge in [0.15, 0.2) is 5.76 Å². The Hall–Kier alpha value is -2.51.